The molecule has 72 valence electrons. The van der Waals surface area contributed by atoms with Gasteiger partial charge in [-0.25, -0.2) is 0 Å². The Morgan fingerprint density at radius 2 is 2.31 bits per heavy atom. The summed E-state index contributed by atoms with van der Waals surface area (Å²) in [6, 6.07) is 5.52. The quantitative estimate of drug-likeness (QED) is 0.878. The number of halogens is 2. The van der Waals surface area contributed by atoms with Crippen molar-refractivity contribution in [2.24, 2.45) is 0 Å². The van der Waals surface area contributed by atoms with E-state index in [-0.39, 0.29) is 12.6 Å². The van der Waals surface area contributed by atoms with Crippen LogP contribution in [0.1, 0.15) is 11.6 Å². The van der Waals surface area contributed by atoms with Gasteiger partial charge in [-0.05, 0) is 24.7 Å². The van der Waals surface area contributed by atoms with Gasteiger partial charge in [0.05, 0.1) is 12.6 Å². The third-order valence-electron chi connectivity index (χ3n) is 1.87. The third-order valence-corrected chi connectivity index (χ3v) is 2.69. The molecule has 2 nitrogen and oxygen atoms in total. The van der Waals surface area contributed by atoms with Gasteiger partial charge >= 0.3 is 0 Å². The summed E-state index contributed by atoms with van der Waals surface area (Å²) in [5.74, 6) is 0. The van der Waals surface area contributed by atoms with Crippen LogP contribution in [-0.4, -0.2) is 18.8 Å². The fraction of sp³-hybridized carbons (Fsp3) is 0.333. The van der Waals surface area contributed by atoms with Crippen molar-refractivity contribution in [2.75, 3.05) is 13.7 Å². The zero-order valence-corrected chi connectivity index (χ0v) is 9.56. The second-order valence-corrected chi connectivity index (χ2v) is 4.01. The molecule has 0 aromatic heterocycles. The van der Waals surface area contributed by atoms with Crippen molar-refractivity contribution in [3.8, 4) is 0 Å². The van der Waals surface area contributed by atoms with Gasteiger partial charge in [0.2, 0.25) is 0 Å². The predicted molar refractivity (Wildman–Crippen MR) is 58.0 cm³/mol. The molecule has 0 amide bonds. The van der Waals surface area contributed by atoms with Gasteiger partial charge in [0.1, 0.15) is 0 Å². The molecule has 0 saturated carbocycles. The van der Waals surface area contributed by atoms with Crippen molar-refractivity contribution < 1.29 is 5.11 Å². The first-order valence-electron chi connectivity index (χ1n) is 3.92. The highest BCUT2D eigenvalue weighted by molar-refractivity contribution is 9.10. The smallest absolute Gasteiger partial charge is 0.0626 e. The molecule has 0 aliphatic heterocycles. The number of aliphatic hydroxyl groups is 1. The highest BCUT2D eigenvalue weighted by Gasteiger charge is 2.11. The van der Waals surface area contributed by atoms with Gasteiger partial charge in [0, 0.05) is 9.50 Å². The van der Waals surface area contributed by atoms with Gasteiger partial charge < -0.3 is 10.4 Å². The monoisotopic (exact) mass is 263 g/mol. The van der Waals surface area contributed by atoms with Gasteiger partial charge in [-0.1, -0.05) is 33.6 Å². The van der Waals surface area contributed by atoms with Crippen molar-refractivity contribution in [3.05, 3.63) is 33.3 Å². The molecule has 0 spiro atoms. The minimum atomic E-state index is -0.0967. The van der Waals surface area contributed by atoms with Gasteiger partial charge in [-0.3, -0.25) is 0 Å². The fourth-order valence-corrected chi connectivity index (χ4v) is 1.93. The van der Waals surface area contributed by atoms with Crippen molar-refractivity contribution >= 4 is 27.5 Å². The first kappa shape index (κ1) is 11.0. The number of nitrogens with one attached hydrogen (secondary N) is 1. The van der Waals surface area contributed by atoms with E-state index in [4.69, 9.17) is 16.7 Å². The highest BCUT2D eigenvalue weighted by atomic mass is 79.9. The van der Waals surface area contributed by atoms with E-state index in [9.17, 15) is 0 Å². The largest absolute Gasteiger partial charge is 0.394 e. The van der Waals surface area contributed by atoms with Crippen LogP contribution in [0.2, 0.25) is 5.02 Å². The lowest BCUT2D eigenvalue weighted by Crippen LogP contribution is -2.20. The Bertz CT molecular complexity index is 289. The van der Waals surface area contributed by atoms with Crippen LogP contribution in [0.25, 0.3) is 0 Å². The summed E-state index contributed by atoms with van der Waals surface area (Å²) in [6.45, 7) is 0.0395. The van der Waals surface area contributed by atoms with E-state index < -0.39 is 0 Å². The van der Waals surface area contributed by atoms with Gasteiger partial charge in [-0.15, -0.1) is 0 Å². The van der Waals surface area contributed by atoms with E-state index in [1.54, 1.807) is 7.05 Å². The molecule has 1 aromatic carbocycles. The SMILES string of the molecule is CNC(CO)c1ccc(Br)cc1Cl. The first-order valence-corrected chi connectivity index (χ1v) is 5.09. The Morgan fingerprint density at radius 1 is 1.62 bits per heavy atom. The molecule has 0 bridgehead atoms. The maximum atomic E-state index is 9.04. The standard InChI is InChI=1S/C9H11BrClNO/c1-12-9(5-13)7-3-2-6(10)4-8(7)11/h2-4,9,12-13H,5H2,1H3. The maximum absolute atomic E-state index is 9.04. The van der Waals surface area contributed by atoms with Crippen LogP contribution < -0.4 is 5.32 Å². The summed E-state index contributed by atoms with van der Waals surface area (Å²) in [5.41, 5.74) is 0.912. The Labute approximate surface area is 91.0 Å². The molecule has 0 aliphatic rings. The molecule has 0 heterocycles. The Kier molecular flexibility index (Phi) is 4.19. The number of hydrogen-bond donors (Lipinski definition) is 2. The van der Waals surface area contributed by atoms with E-state index >= 15 is 0 Å². The van der Waals surface area contributed by atoms with Gasteiger partial charge in [0.15, 0.2) is 0 Å². The summed E-state index contributed by atoms with van der Waals surface area (Å²) in [7, 11) is 1.79. The average Bonchev–Trinajstić information content (AvgIpc) is 2.10. The third kappa shape index (κ3) is 2.68. The van der Waals surface area contributed by atoms with E-state index in [1.807, 2.05) is 18.2 Å². The topological polar surface area (TPSA) is 32.3 Å². The summed E-state index contributed by atoms with van der Waals surface area (Å²) in [4.78, 5) is 0. The number of aliphatic hydroxyl groups excluding tert-OH is 1. The molecule has 0 aliphatic carbocycles. The van der Waals surface area contributed by atoms with Crippen molar-refractivity contribution in [2.45, 2.75) is 6.04 Å². The van der Waals surface area contributed by atoms with E-state index in [2.05, 4.69) is 21.2 Å². The molecule has 13 heavy (non-hydrogen) atoms. The van der Waals surface area contributed by atoms with E-state index in [1.165, 1.54) is 0 Å². The van der Waals surface area contributed by atoms with Crippen molar-refractivity contribution in [1.82, 2.24) is 5.32 Å². The summed E-state index contributed by atoms with van der Waals surface area (Å²) >= 11 is 9.32. The molecular weight excluding hydrogens is 253 g/mol. The highest BCUT2D eigenvalue weighted by Crippen LogP contribution is 2.25. The van der Waals surface area contributed by atoms with E-state index in [0.29, 0.717) is 5.02 Å². The normalized spacial score (nSPS) is 12.9. The Morgan fingerprint density at radius 3 is 2.77 bits per heavy atom. The summed E-state index contributed by atoms with van der Waals surface area (Å²) < 4.78 is 0.939. The van der Waals surface area contributed by atoms with Crippen LogP contribution in [0, 0.1) is 0 Å². The van der Waals surface area contributed by atoms with E-state index in [0.717, 1.165) is 10.0 Å². The molecule has 1 rings (SSSR count). The van der Waals surface area contributed by atoms with Crippen LogP contribution in [0.3, 0.4) is 0 Å². The van der Waals surface area contributed by atoms with Crippen LogP contribution in [0.5, 0.6) is 0 Å². The van der Waals surface area contributed by atoms with Gasteiger partial charge in [-0.2, -0.15) is 0 Å². The Hall–Kier alpha value is -0.0900. The van der Waals surface area contributed by atoms with Crippen LogP contribution in [-0.2, 0) is 0 Å². The van der Waals surface area contributed by atoms with Gasteiger partial charge in [0.25, 0.3) is 0 Å². The Balaban J connectivity index is 2.99. The van der Waals surface area contributed by atoms with Crippen molar-refractivity contribution in [3.63, 3.8) is 0 Å². The molecule has 0 fully saturated rings. The molecular formula is C9H11BrClNO. The second-order valence-electron chi connectivity index (χ2n) is 2.69. The van der Waals surface area contributed by atoms with Crippen molar-refractivity contribution in [1.29, 1.82) is 0 Å². The molecule has 2 N–H and O–H groups in total. The number of benzene rings is 1. The lowest BCUT2D eigenvalue weighted by atomic mass is 10.1. The molecule has 1 atom stereocenters. The summed E-state index contributed by atoms with van der Waals surface area (Å²) in [6.07, 6.45) is 0. The summed E-state index contributed by atoms with van der Waals surface area (Å²) in [5, 5.41) is 12.7. The lowest BCUT2D eigenvalue weighted by Gasteiger charge is -2.14. The average molecular weight is 265 g/mol. The number of hydrogen-bond acceptors (Lipinski definition) is 2. The van der Waals surface area contributed by atoms with Crippen LogP contribution in [0.4, 0.5) is 0 Å². The van der Waals surface area contributed by atoms with Crippen LogP contribution >= 0.6 is 27.5 Å². The zero-order chi connectivity index (χ0) is 9.84. The molecule has 1 unspecified atom stereocenters. The fourth-order valence-electron chi connectivity index (χ4n) is 1.13. The first-order chi connectivity index (χ1) is 6.19. The zero-order valence-electron chi connectivity index (χ0n) is 7.22. The minimum Gasteiger partial charge on any atom is -0.394 e. The number of likely N-dealkylation sites (N-methyl/N-ethyl adjacent to an activating group) is 1. The molecule has 0 saturated heterocycles. The number of rotatable bonds is 3. The molecule has 0 radical (unpaired) electrons. The predicted octanol–water partition coefficient (Wildman–Crippen LogP) is 2.36. The maximum Gasteiger partial charge on any atom is 0.0626 e. The lowest BCUT2D eigenvalue weighted by molar-refractivity contribution is 0.251. The second kappa shape index (κ2) is 4.96. The molecule has 4 heteroatoms. The van der Waals surface area contributed by atoms with Crippen LogP contribution in [0.15, 0.2) is 22.7 Å². The minimum absolute atomic E-state index is 0.0395. The molecule has 1 aromatic rings.